The van der Waals surface area contributed by atoms with E-state index in [4.69, 9.17) is 0 Å². The average molecular weight is 385 g/mol. The molecule has 0 aliphatic rings. The maximum absolute atomic E-state index is 12.4. The third-order valence-corrected chi connectivity index (χ3v) is 5.75. The molecule has 2 rings (SSSR count). The van der Waals surface area contributed by atoms with E-state index in [9.17, 15) is 22.0 Å². The van der Waals surface area contributed by atoms with E-state index in [0.29, 0.717) is 6.54 Å². The van der Waals surface area contributed by atoms with Gasteiger partial charge in [-0.15, -0.1) is 0 Å². The number of carbonyl (C=O) groups excluding carboxylic acids is 1. The molecule has 0 heterocycles. The van der Waals surface area contributed by atoms with E-state index in [1.54, 1.807) is 11.8 Å². The minimum Gasteiger partial charge on any atom is -0.351 e. The molecule has 1 N–H and O–H groups in total. The minimum absolute atomic E-state index is 0.223. The number of hydrogen-bond donors (Lipinski definition) is 1. The van der Waals surface area contributed by atoms with Crippen LogP contribution in [0.15, 0.2) is 59.5 Å². The molecule has 0 saturated carbocycles. The van der Waals surface area contributed by atoms with Crippen molar-refractivity contribution in [2.75, 3.05) is 12.3 Å². The Morgan fingerprint density at radius 3 is 2.28 bits per heavy atom. The highest BCUT2D eigenvalue weighted by Crippen LogP contribution is 2.18. The number of hydrogen-bond acceptors (Lipinski definition) is 4. The Hall–Kier alpha value is -1.93. The monoisotopic (exact) mass is 385 g/mol. The van der Waals surface area contributed by atoms with Crippen LogP contribution in [0.25, 0.3) is 0 Å². The Bertz CT molecular complexity index is 794. The highest BCUT2D eigenvalue weighted by atomic mass is 32.2. The minimum atomic E-state index is -4.64. The lowest BCUT2D eigenvalue weighted by Gasteiger charge is -2.07. The van der Waals surface area contributed by atoms with Crippen LogP contribution in [0.4, 0.5) is 8.78 Å². The van der Waals surface area contributed by atoms with E-state index in [-0.39, 0.29) is 11.5 Å². The van der Waals surface area contributed by atoms with Crippen LogP contribution in [0, 0.1) is 0 Å². The van der Waals surface area contributed by atoms with Gasteiger partial charge in [-0.25, -0.2) is 8.42 Å². The number of thioether (sulfide) groups is 1. The fraction of sp³-hybridized carbons (Fsp3) is 0.235. The first-order valence-electron chi connectivity index (χ1n) is 7.43. The van der Waals surface area contributed by atoms with Gasteiger partial charge in [0.05, 0.1) is 4.90 Å². The zero-order chi connectivity index (χ0) is 18.3. The zero-order valence-electron chi connectivity index (χ0n) is 13.2. The number of amides is 1. The molecule has 8 heteroatoms. The number of nitrogens with one attached hydrogen (secondary N) is 1. The Morgan fingerprint density at radius 2 is 1.68 bits per heavy atom. The van der Waals surface area contributed by atoms with Gasteiger partial charge in [-0.1, -0.05) is 30.3 Å². The molecule has 0 saturated heterocycles. The Balaban J connectivity index is 1.79. The van der Waals surface area contributed by atoms with Crippen LogP contribution in [0.2, 0.25) is 0 Å². The molecular formula is C17H17F2NO3S2. The van der Waals surface area contributed by atoms with Crippen LogP contribution in [-0.4, -0.2) is 32.4 Å². The number of carbonyl (C=O) groups is 1. The van der Waals surface area contributed by atoms with Crippen molar-refractivity contribution in [2.45, 2.75) is 16.4 Å². The molecule has 0 aliphatic heterocycles. The summed E-state index contributed by atoms with van der Waals surface area (Å²) >= 11 is 1.68. The molecule has 0 unspecified atom stereocenters. The topological polar surface area (TPSA) is 63.2 Å². The molecule has 1 amide bonds. The van der Waals surface area contributed by atoms with Crippen molar-refractivity contribution in [1.82, 2.24) is 5.32 Å². The summed E-state index contributed by atoms with van der Waals surface area (Å²) in [7, 11) is -4.64. The van der Waals surface area contributed by atoms with Crippen molar-refractivity contribution in [3.05, 3.63) is 65.7 Å². The third-order valence-electron chi connectivity index (χ3n) is 3.32. The molecule has 4 nitrogen and oxygen atoms in total. The molecule has 0 bridgehead atoms. The quantitative estimate of drug-likeness (QED) is 0.708. The lowest BCUT2D eigenvalue weighted by Crippen LogP contribution is -2.25. The maximum atomic E-state index is 12.4. The number of rotatable bonds is 8. The smallest absolute Gasteiger partial charge is 0.341 e. The molecule has 0 radical (unpaired) electrons. The molecule has 0 fully saturated rings. The Morgan fingerprint density at radius 1 is 1.04 bits per heavy atom. The van der Waals surface area contributed by atoms with Gasteiger partial charge in [0.1, 0.15) is 0 Å². The summed E-state index contributed by atoms with van der Waals surface area (Å²) < 4.78 is 47.5. The number of alkyl halides is 2. The first-order valence-corrected chi connectivity index (χ1v) is 10.1. The average Bonchev–Trinajstić information content (AvgIpc) is 2.62. The predicted molar refractivity (Wildman–Crippen MR) is 94.6 cm³/mol. The first-order chi connectivity index (χ1) is 11.9. The summed E-state index contributed by atoms with van der Waals surface area (Å²) in [5.41, 5.74) is 1.43. The number of benzene rings is 2. The van der Waals surface area contributed by atoms with Gasteiger partial charge in [-0.2, -0.15) is 20.5 Å². The zero-order valence-corrected chi connectivity index (χ0v) is 14.8. The van der Waals surface area contributed by atoms with Crippen molar-refractivity contribution in [3.8, 4) is 0 Å². The highest BCUT2D eigenvalue weighted by molar-refractivity contribution is 7.98. The van der Waals surface area contributed by atoms with E-state index in [1.807, 2.05) is 30.3 Å². The molecule has 0 spiro atoms. The molecule has 134 valence electrons. The van der Waals surface area contributed by atoms with E-state index in [2.05, 4.69) is 5.32 Å². The summed E-state index contributed by atoms with van der Waals surface area (Å²) in [6, 6.07) is 14.4. The van der Waals surface area contributed by atoms with Gasteiger partial charge in [0.15, 0.2) is 0 Å². The van der Waals surface area contributed by atoms with E-state index < -0.39 is 20.5 Å². The van der Waals surface area contributed by atoms with E-state index >= 15 is 0 Å². The summed E-state index contributed by atoms with van der Waals surface area (Å²) in [4.78, 5) is 11.5. The van der Waals surface area contributed by atoms with E-state index in [0.717, 1.165) is 23.6 Å². The third kappa shape index (κ3) is 5.54. The molecule has 0 aromatic heterocycles. The van der Waals surface area contributed by atoms with Gasteiger partial charge in [-0.05, 0) is 29.8 Å². The van der Waals surface area contributed by atoms with Crippen molar-refractivity contribution >= 4 is 27.5 Å². The molecule has 2 aromatic carbocycles. The van der Waals surface area contributed by atoms with Crippen molar-refractivity contribution in [1.29, 1.82) is 0 Å². The molecule has 0 atom stereocenters. The van der Waals surface area contributed by atoms with Gasteiger partial charge in [0.25, 0.3) is 5.91 Å². The Kier molecular flexibility index (Phi) is 6.95. The van der Waals surface area contributed by atoms with Gasteiger partial charge in [0.2, 0.25) is 9.84 Å². The SMILES string of the molecule is O=C(NCCSCc1ccccc1)c1ccc(S(=O)(=O)C(F)F)cc1. The molecule has 0 aliphatic carbocycles. The maximum Gasteiger partial charge on any atom is 0.341 e. The van der Waals surface area contributed by atoms with Crippen molar-refractivity contribution in [2.24, 2.45) is 0 Å². The summed E-state index contributed by atoms with van der Waals surface area (Å²) in [6.45, 7) is 0.452. The van der Waals surface area contributed by atoms with Crippen molar-refractivity contribution < 1.29 is 22.0 Å². The van der Waals surface area contributed by atoms with Crippen molar-refractivity contribution in [3.63, 3.8) is 0 Å². The highest BCUT2D eigenvalue weighted by Gasteiger charge is 2.26. The summed E-state index contributed by atoms with van der Waals surface area (Å²) in [5, 5.41) is 2.71. The lowest BCUT2D eigenvalue weighted by molar-refractivity contribution is 0.0956. The first kappa shape index (κ1) is 19.4. The van der Waals surface area contributed by atoms with Crippen LogP contribution in [0.3, 0.4) is 0 Å². The second kappa shape index (κ2) is 8.96. The van der Waals surface area contributed by atoms with Gasteiger partial charge in [0, 0.05) is 23.6 Å². The Labute approximate surface area is 149 Å². The fourth-order valence-electron chi connectivity index (χ4n) is 2.00. The van der Waals surface area contributed by atoms with Gasteiger partial charge >= 0.3 is 5.76 Å². The standard InChI is InChI=1S/C17H17F2NO3S2/c18-17(19)25(22,23)15-8-6-14(7-9-15)16(21)20-10-11-24-12-13-4-2-1-3-5-13/h1-9,17H,10-12H2,(H,20,21). The number of halogens is 2. The molecule has 2 aromatic rings. The van der Waals surface area contributed by atoms with Crippen LogP contribution < -0.4 is 5.32 Å². The fourth-order valence-corrected chi connectivity index (χ4v) is 3.54. The summed E-state index contributed by atoms with van der Waals surface area (Å²) in [6.07, 6.45) is 0. The van der Waals surface area contributed by atoms with Crippen LogP contribution in [-0.2, 0) is 15.6 Å². The van der Waals surface area contributed by atoms with Crippen LogP contribution >= 0.6 is 11.8 Å². The summed E-state index contributed by atoms with van der Waals surface area (Å²) in [5.74, 6) is -2.29. The van der Waals surface area contributed by atoms with Gasteiger partial charge in [-0.3, -0.25) is 4.79 Å². The van der Waals surface area contributed by atoms with E-state index in [1.165, 1.54) is 17.7 Å². The largest absolute Gasteiger partial charge is 0.351 e. The van der Waals surface area contributed by atoms with Crippen LogP contribution in [0.5, 0.6) is 0 Å². The molecular weight excluding hydrogens is 368 g/mol. The predicted octanol–water partition coefficient (Wildman–Crippen LogP) is 3.35. The second-order valence-electron chi connectivity index (χ2n) is 5.12. The van der Waals surface area contributed by atoms with Gasteiger partial charge < -0.3 is 5.32 Å². The normalized spacial score (nSPS) is 11.5. The molecule has 25 heavy (non-hydrogen) atoms. The van der Waals surface area contributed by atoms with Crippen LogP contribution in [0.1, 0.15) is 15.9 Å². The second-order valence-corrected chi connectivity index (χ2v) is 8.15. The lowest BCUT2D eigenvalue weighted by atomic mass is 10.2. The number of sulfone groups is 1.